The van der Waals surface area contributed by atoms with Crippen LogP contribution >= 0.6 is 24.2 Å². The van der Waals surface area contributed by atoms with E-state index in [0.717, 1.165) is 23.6 Å². The molecule has 0 fully saturated rings. The second kappa shape index (κ2) is 4.78. The summed E-state index contributed by atoms with van der Waals surface area (Å²) in [5.41, 5.74) is 2.56. The normalized spacial score (nSPS) is 10.2. The van der Waals surface area contributed by atoms with Gasteiger partial charge >= 0.3 is 0 Å². The highest BCUT2D eigenvalue weighted by atomic mass is 35.5. The molecular weight excluding hydrogens is 188 g/mol. The van der Waals surface area contributed by atoms with Crippen molar-refractivity contribution in [3.8, 4) is 0 Å². The molecule has 1 aromatic rings. The van der Waals surface area contributed by atoms with Crippen molar-refractivity contribution in [2.24, 2.45) is 0 Å². The number of halogens is 1. The van der Waals surface area contributed by atoms with Crippen LogP contribution in [0.25, 0.3) is 0 Å². The highest BCUT2D eigenvalue weighted by molar-refractivity contribution is 7.80. The summed E-state index contributed by atoms with van der Waals surface area (Å²) < 4.78 is 0. The molecule has 0 saturated heterocycles. The van der Waals surface area contributed by atoms with E-state index in [1.54, 1.807) is 0 Å². The van der Waals surface area contributed by atoms with Crippen LogP contribution in [0, 0.1) is 0 Å². The van der Waals surface area contributed by atoms with Crippen LogP contribution in [0.2, 0.25) is 5.02 Å². The smallest absolute Gasteiger partial charge is 0.0438 e. The minimum atomic E-state index is 0.875. The third-order valence-corrected chi connectivity index (χ3v) is 2.48. The van der Waals surface area contributed by atoms with Crippen LogP contribution in [0.4, 0.5) is 0 Å². The molecule has 0 amide bonds. The van der Waals surface area contributed by atoms with Crippen molar-refractivity contribution in [1.82, 2.24) is 0 Å². The van der Waals surface area contributed by atoms with E-state index in [2.05, 4.69) is 31.7 Å². The van der Waals surface area contributed by atoms with Gasteiger partial charge in [-0.2, -0.15) is 12.6 Å². The van der Waals surface area contributed by atoms with Crippen molar-refractivity contribution in [3.63, 3.8) is 0 Å². The second-order valence-electron chi connectivity index (χ2n) is 2.75. The average Bonchev–Trinajstić information content (AvgIpc) is 2.09. The molecule has 0 N–H and O–H groups in total. The molecule has 0 aliphatic rings. The Bertz CT molecular complexity index is 258. The van der Waals surface area contributed by atoms with Crippen LogP contribution in [0.1, 0.15) is 18.1 Å². The van der Waals surface area contributed by atoms with Crippen LogP contribution in [-0.4, -0.2) is 5.75 Å². The first-order valence-electron chi connectivity index (χ1n) is 4.16. The van der Waals surface area contributed by atoms with Crippen molar-refractivity contribution in [2.45, 2.75) is 19.8 Å². The summed E-state index contributed by atoms with van der Waals surface area (Å²) in [4.78, 5) is 0. The van der Waals surface area contributed by atoms with Crippen LogP contribution in [-0.2, 0) is 12.8 Å². The first-order valence-corrected chi connectivity index (χ1v) is 5.17. The molecule has 0 atom stereocenters. The number of rotatable bonds is 3. The van der Waals surface area contributed by atoms with E-state index in [1.807, 2.05) is 6.07 Å². The Morgan fingerprint density at radius 2 is 2.17 bits per heavy atom. The molecule has 0 aliphatic heterocycles. The van der Waals surface area contributed by atoms with Crippen LogP contribution in [0.5, 0.6) is 0 Å². The number of hydrogen-bond donors (Lipinski definition) is 1. The maximum Gasteiger partial charge on any atom is 0.0438 e. The summed E-state index contributed by atoms with van der Waals surface area (Å²) in [6.07, 6.45) is 2.02. The Kier molecular flexibility index (Phi) is 3.96. The monoisotopic (exact) mass is 200 g/mol. The Balaban J connectivity index is 2.89. The Hall–Kier alpha value is -0.140. The lowest BCUT2D eigenvalue weighted by Gasteiger charge is -2.03. The third kappa shape index (κ3) is 2.43. The Morgan fingerprint density at radius 3 is 2.75 bits per heavy atom. The lowest BCUT2D eigenvalue weighted by molar-refractivity contribution is 1.10. The molecule has 0 radical (unpaired) electrons. The highest BCUT2D eigenvalue weighted by Gasteiger charge is 1.98. The first-order chi connectivity index (χ1) is 5.77. The van der Waals surface area contributed by atoms with Gasteiger partial charge in [0, 0.05) is 5.02 Å². The molecule has 66 valence electrons. The first kappa shape index (κ1) is 9.94. The van der Waals surface area contributed by atoms with E-state index in [-0.39, 0.29) is 0 Å². The number of hydrogen-bond acceptors (Lipinski definition) is 1. The standard InChI is InChI=1S/C10H13ClS/c1-2-9-7-8(5-6-12)3-4-10(9)11/h3-4,7,12H,2,5-6H2,1H3. The van der Waals surface area contributed by atoms with E-state index in [9.17, 15) is 0 Å². The summed E-state index contributed by atoms with van der Waals surface area (Å²) in [7, 11) is 0. The summed E-state index contributed by atoms with van der Waals surface area (Å²) in [6.45, 7) is 2.12. The molecule has 0 unspecified atom stereocenters. The predicted octanol–water partition coefficient (Wildman–Crippen LogP) is 3.37. The lowest BCUT2D eigenvalue weighted by Crippen LogP contribution is -1.89. The quantitative estimate of drug-likeness (QED) is 0.711. The van der Waals surface area contributed by atoms with Crippen molar-refractivity contribution < 1.29 is 0 Å². The zero-order chi connectivity index (χ0) is 8.97. The van der Waals surface area contributed by atoms with Gasteiger partial charge in [-0.05, 0) is 35.8 Å². The van der Waals surface area contributed by atoms with E-state index in [4.69, 9.17) is 11.6 Å². The van der Waals surface area contributed by atoms with Crippen molar-refractivity contribution in [1.29, 1.82) is 0 Å². The van der Waals surface area contributed by atoms with E-state index < -0.39 is 0 Å². The van der Waals surface area contributed by atoms with Gasteiger partial charge in [0.25, 0.3) is 0 Å². The fourth-order valence-corrected chi connectivity index (χ4v) is 1.69. The van der Waals surface area contributed by atoms with Gasteiger partial charge in [0.1, 0.15) is 0 Å². The number of aryl methyl sites for hydroxylation is 2. The maximum atomic E-state index is 5.98. The van der Waals surface area contributed by atoms with Crippen LogP contribution < -0.4 is 0 Å². The minimum absolute atomic E-state index is 0.875. The second-order valence-corrected chi connectivity index (χ2v) is 3.61. The van der Waals surface area contributed by atoms with Crippen molar-refractivity contribution in [2.75, 3.05) is 5.75 Å². The van der Waals surface area contributed by atoms with Gasteiger partial charge in [0.15, 0.2) is 0 Å². The molecule has 0 bridgehead atoms. The van der Waals surface area contributed by atoms with Gasteiger partial charge in [-0.25, -0.2) is 0 Å². The van der Waals surface area contributed by atoms with E-state index >= 15 is 0 Å². The zero-order valence-electron chi connectivity index (χ0n) is 7.18. The molecular formula is C10H13ClS. The van der Waals surface area contributed by atoms with Gasteiger partial charge < -0.3 is 0 Å². The summed E-state index contributed by atoms with van der Waals surface area (Å²) in [5, 5.41) is 0.875. The zero-order valence-corrected chi connectivity index (χ0v) is 8.83. The molecule has 2 heteroatoms. The summed E-state index contributed by atoms with van der Waals surface area (Å²) in [5.74, 6) is 0.894. The molecule has 12 heavy (non-hydrogen) atoms. The topological polar surface area (TPSA) is 0 Å². The molecule has 0 aliphatic carbocycles. The predicted molar refractivity (Wildman–Crippen MR) is 58.4 cm³/mol. The summed E-state index contributed by atoms with van der Waals surface area (Å²) >= 11 is 10.2. The fraction of sp³-hybridized carbons (Fsp3) is 0.400. The molecule has 0 spiro atoms. The van der Waals surface area contributed by atoms with E-state index in [1.165, 1.54) is 11.1 Å². The Labute approximate surface area is 84.3 Å². The van der Waals surface area contributed by atoms with Crippen LogP contribution in [0.3, 0.4) is 0 Å². The van der Waals surface area contributed by atoms with Crippen LogP contribution in [0.15, 0.2) is 18.2 Å². The third-order valence-electron chi connectivity index (χ3n) is 1.89. The fourth-order valence-electron chi connectivity index (χ4n) is 1.18. The SMILES string of the molecule is CCc1cc(CCS)ccc1Cl. The molecule has 0 nitrogen and oxygen atoms in total. The van der Waals surface area contributed by atoms with E-state index in [0.29, 0.717) is 0 Å². The van der Waals surface area contributed by atoms with Crippen molar-refractivity contribution >= 4 is 24.2 Å². The Morgan fingerprint density at radius 1 is 1.42 bits per heavy atom. The molecule has 1 rings (SSSR count). The average molecular weight is 201 g/mol. The van der Waals surface area contributed by atoms with Gasteiger partial charge in [0.2, 0.25) is 0 Å². The van der Waals surface area contributed by atoms with Crippen molar-refractivity contribution in [3.05, 3.63) is 34.3 Å². The molecule has 0 heterocycles. The molecule has 0 saturated carbocycles. The maximum absolute atomic E-state index is 5.98. The molecule has 0 aromatic heterocycles. The highest BCUT2D eigenvalue weighted by Crippen LogP contribution is 2.18. The van der Waals surface area contributed by atoms with Gasteiger partial charge in [0.05, 0.1) is 0 Å². The largest absolute Gasteiger partial charge is 0.179 e. The van der Waals surface area contributed by atoms with Gasteiger partial charge in [-0.3, -0.25) is 0 Å². The number of benzene rings is 1. The lowest BCUT2D eigenvalue weighted by atomic mass is 10.1. The molecule has 1 aromatic carbocycles. The minimum Gasteiger partial charge on any atom is -0.179 e. The summed E-state index contributed by atoms with van der Waals surface area (Å²) in [6, 6.07) is 6.20. The number of thiol groups is 1. The van der Waals surface area contributed by atoms with Gasteiger partial charge in [-0.15, -0.1) is 0 Å². The van der Waals surface area contributed by atoms with Gasteiger partial charge in [-0.1, -0.05) is 30.7 Å².